The van der Waals surface area contributed by atoms with E-state index in [9.17, 15) is 18.9 Å². The molecule has 0 unspecified atom stereocenters. The molecule has 1 aromatic rings. The van der Waals surface area contributed by atoms with Gasteiger partial charge in [0.2, 0.25) is 5.82 Å². The molecule has 0 aliphatic carbocycles. The maximum atomic E-state index is 14.1. The van der Waals surface area contributed by atoms with Crippen LogP contribution in [0.5, 0.6) is 0 Å². The lowest BCUT2D eigenvalue weighted by atomic mass is 9.78. The fourth-order valence-corrected chi connectivity index (χ4v) is 1.88. The number of hydrogen-bond donors (Lipinski definition) is 0. The maximum Gasteiger partial charge on any atom is 0.501 e. The van der Waals surface area contributed by atoms with Crippen LogP contribution in [0.15, 0.2) is 12.1 Å². The third kappa shape index (κ3) is 2.18. The molecule has 20 heavy (non-hydrogen) atoms. The van der Waals surface area contributed by atoms with Gasteiger partial charge in [0, 0.05) is 6.07 Å². The van der Waals surface area contributed by atoms with Crippen LogP contribution in [0.3, 0.4) is 0 Å². The first-order chi connectivity index (χ1) is 9.07. The standard InChI is InChI=1S/C12H14BF2NO4/c1-11(2)12(3,4)20-13(19-11)9-7(14)5-6-8(10(9)15)16(17)18/h5-6H,1-4H3. The lowest BCUT2D eigenvalue weighted by molar-refractivity contribution is -0.387. The number of rotatable bonds is 2. The van der Waals surface area contributed by atoms with E-state index in [1.165, 1.54) is 0 Å². The SMILES string of the molecule is CC1(C)OB(c2c(F)ccc([N+](=O)[O-])c2F)OC1(C)C. The Labute approximate surface area is 115 Å². The van der Waals surface area contributed by atoms with Crippen LogP contribution >= 0.6 is 0 Å². The molecule has 1 fully saturated rings. The van der Waals surface area contributed by atoms with Gasteiger partial charge in [-0.05, 0) is 33.8 Å². The van der Waals surface area contributed by atoms with Crippen LogP contribution in [0.2, 0.25) is 0 Å². The van der Waals surface area contributed by atoms with Gasteiger partial charge in [0.1, 0.15) is 5.82 Å². The van der Waals surface area contributed by atoms with Gasteiger partial charge in [-0.1, -0.05) is 0 Å². The van der Waals surface area contributed by atoms with Crippen molar-refractivity contribution in [2.24, 2.45) is 0 Å². The fourth-order valence-electron chi connectivity index (χ4n) is 1.88. The number of nitro groups is 1. The van der Waals surface area contributed by atoms with Gasteiger partial charge < -0.3 is 9.31 Å². The summed E-state index contributed by atoms with van der Waals surface area (Å²) in [6, 6.07) is 1.61. The topological polar surface area (TPSA) is 61.6 Å². The normalized spacial score (nSPS) is 20.2. The minimum absolute atomic E-state index is 0.571. The van der Waals surface area contributed by atoms with E-state index in [-0.39, 0.29) is 0 Å². The lowest BCUT2D eigenvalue weighted by Gasteiger charge is -2.32. The summed E-state index contributed by atoms with van der Waals surface area (Å²) in [5, 5.41) is 10.7. The van der Waals surface area contributed by atoms with Crippen molar-refractivity contribution in [2.75, 3.05) is 0 Å². The van der Waals surface area contributed by atoms with Gasteiger partial charge in [0.15, 0.2) is 0 Å². The molecule has 5 nitrogen and oxygen atoms in total. The summed E-state index contributed by atoms with van der Waals surface area (Å²) in [6.45, 7) is 6.89. The Morgan fingerprint density at radius 3 is 2.10 bits per heavy atom. The number of nitrogens with zero attached hydrogens (tertiary/aromatic N) is 1. The molecule has 0 atom stereocenters. The van der Waals surface area contributed by atoms with E-state index in [2.05, 4.69) is 0 Å². The van der Waals surface area contributed by atoms with Gasteiger partial charge in [0.05, 0.1) is 21.6 Å². The molecule has 0 saturated carbocycles. The van der Waals surface area contributed by atoms with Crippen molar-refractivity contribution in [3.63, 3.8) is 0 Å². The van der Waals surface area contributed by atoms with Gasteiger partial charge in [0.25, 0.3) is 0 Å². The number of halogens is 2. The molecule has 0 N–H and O–H groups in total. The summed E-state index contributed by atoms with van der Waals surface area (Å²) in [6.07, 6.45) is 0. The van der Waals surface area contributed by atoms with Crippen molar-refractivity contribution in [1.29, 1.82) is 0 Å². The first kappa shape index (κ1) is 14.9. The molecule has 0 bridgehead atoms. The van der Waals surface area contributed by atoms with Gasteiger partial charge in [-0.25, -0.2) is 4.39 Å². The second-order valence-corrected chi connectivity index (χ2v) is 5.64. The largest absolute Gasteiger partial charge is 0.501 e. The van der Waals surface area contributed by atoms with Crippen LogP contribution in [0, 0.1) is 21.7 Å². The van der Waals surface area contributed by atoms with Gasteiger partial charge in [-0.15, -0.1) is 0 Å². The minimum atomic E-state index is -1.32. The fraction of sp³-hybridized carbons (Fsp3) is 0.500. The van der Waals surface area contributed by atoms with Gasteiger partial charge in [-0.3, -0.25) is 10.1 Å². The van der Waals surface area contributed by atoms with Crippen molar-refractivity contribution < 1.29 is 23.0 Å². The molecule has 1 aliphatic rings. The second kappa shape index (κ2) is 4.49. The second-order valence-electron chi connectivity index (χ2n) is 5.64. The maximum absolute atomic E-state index is 14.1. The summed E-state index contributed by atoms with van der Waals surface area (Å²) in [4.78, 5) is 9.80. The molecule has 8 heteroatoms. The minimum Gasteiger partial charge on any atom is -0.399 e. The Kier molecular flexibility index (Phi) is 3.34. The van der Waals surface area contributed by atoms with Gasteiger partial charge in [-0.2, -0.15) is 4.39 Å². The Morgan fingerprint density at radius 2 is 1.65 bits per heavy atom. The smallest absolute Gasteiger partial charge is 0.399 e. The van der Waals surface area contributed by atoms with Crippen molar-refractivity contribution in [1.82, 2.24) is 0 Å². The average molecular weight is 285 g/mol. The van der Waals surface area contributed by atoms with Crippen LogP contribution in [0.25, 0.3) is 0 Å². The molecular formula is C12H14BF2NO4. The zero-order valence-corrected chi connectivity index (χ0v) is 11.6. The van der Waals surface area contributed by atoms with Crippen molar-refractivity contribution in [3.05, 3.63) is 33.9 Å². The summed E-state index contributed by atoms with van der Waals surface area (Å²) in [5.41, 5.74) is -2.96. The Balaban J connectivity index is 2.50. The number of benzene rings is 1. The predicted octanol–water partition coefficient (Wildman–Crippen LogP) is 2.17. The molecule has 0 spiro atoms. The first-order valence-electron chi connectivity index (χ1n) is 6.05. The van der Waals surface area contributed by atoms with Crippen LogP contribution in [0.1, 0.15) is 27.7 Å². The Morgan fingerprint density at radius 1 is 1.15 bits per heavy atom. The van der Waals surface area contributed by atoms with E-state index in [0.29, 0.717) is 0 Å². The predicted molar refractivity (Wildman–Crippen MR) is 68.7 cm³/mol. The Bertz CT molecular complexity index is 561. The molecule has 1 aromatic carbocycles. The first-order valence-corrected chi connectivity index (χ1v) is 6.05. The van der Waals surface area contributed by atoms with E-state index in [1.807, 2.05) is 0 Å². The molecule has 2 rings (SSSR count). The highest BCUT2D eigenvalue weighted by molar-refractivity contribution is 6.62. The van der Waals surface area contributed by atoms with Gasteiger partial charge >= 0.3 is 12.8 Å². The van der Waals surface area contributed by atoms with Crippen LogP contribution in [-0.2, 0) is 9.31 Å². The summed E-state index contributed by atoms with van der Waals surface area (Å²) < 4.78 is 39.0. The zero-order valence-electron chi connectivity index (χ0n) is 11.6. The van der Waals surface area contributed by atoms with Crippen molar-refractivity contribution in [3.8, 4) is 0 Å². The van der Waals surface area contributed by atoms with E-state index >= 15 is 0 Å². The van der Waals surface area contributed by atoms with Crippen LogP contribution in [-0.4, -0.2) is 23.2 Å². The van der Waals surface area contributed by atoms with E-state index in [4.69, 9.17) is 9.31 Å². The molecule has 108 valence electrons. The number of hydrogen-bond acceptors (Lipinski definition) is 4. The molecule has 1 heterocycles. The lowest BCUT2D eigenvalue weighted by Crippen LogP contribution is -2.41. The zero-order chi connectivity index (χ0) is 15.3. The highest BCUT2D eigenvalue weighted by atomic mass is 19.1. The van der Waals surface area contributed by atoms with E-state index in [0.717, 1.165) is 12.1 Å². The van der Waals surface area contributed by atoms with Crippen LogP contribution in [0.4, 0.5) is 14.5 Å². The van der Waals surface area contributed by atoms with Crippen molar-refractivity contribution >= 4 is 18.3 Å². The monoisotopic (exact) mass is 285 g/mol. The molecule has 0 aromatic heterocycles. The quantitative estimate of drug-likeness (QED) is 0.474. The average Bonchev–Trinajstić information content (AvgIpc) is 2.47. The summed E-state index contributed by atoms with van der Waals surface area (Å²) in [7, 11) is -1.32. The third-order valence-corrected chi connectivity index (χ3v) is 3.79. The van der Waals surface area contributed by atoms with Crippen molar-refractivity contribution in [2.45, 2.75) is 38.9 Å². The molecule has 1 aliphatic heterocycles. The summed E-state index contributed by atoms with van der Waals surface area (Å²) in [5.74, 6) is -2.21. The summed E-state index contributed by atoms with van der Waals surface area (Å²) >= 11 is 0. The molecular weight excluding hydrogens is 271 g/mol. The highest BCUT2D eigenvalue weighted by Gasteiger charge is 2.53. The third-order valence-electron chi connectivity index (χ3n) is 3.79. The molecule has 0 radical (unpaired) electrons. The Hall–Kier alpha value is -1.54. The van der Waals surface area contributed by atoms with Crippen LogP contribution < -0.4 is 5.46 Å². The highest BCUT2D eigenvalue weighted by Crippen LogP contribution is 2.37. The molecule has 1 saturated heterocycles. The van der Waals surface area contributed by atoms with E-state index in [1.54, 1.807) is 27.7 Å². The molecule has 0 amide bonds. The number of nitro benzene ring substituents is 1. The van der Waals surface area contributed by atoms with E-state index < -0.39 is 46.0 Å².